The predicted octanol–water partition coefficient (Wildman–Crippen LogP) is -1.25. The lowest BCUT2D eigenvalue weighted by atomic mass is 10.3. The van der Waals surface area contributed by atoms with E-state index in [4.69, 9.17) is 15.5 Å². The van der Waals surface area contributed by atoms with Crippen molar-refractivity contribution >= 4 is 25.5 Å². The molecular weight excluding hydrogens is 273 g/mol. The van der Waals surface area contributed by atoms with Crippen LogP contribution in [0.15, 0.2) is 11.1 Å². The second-order valence-corrected chi connectivity index (χ2v) is 5.17. The summed E-state index contributed by atoms with van der Waals surface area (Å²) in [6.45, 7) is 0.344. The lowest BCUT2D eigenvalue weighted by molar-refractivity contribution is 0.177. The van der Waals surface area contributed by atoms with Crippen molar-refractivity contribution in [2.75, 3.05) is 11.9 Å². The van der Waals surface area contributed by atoms with Crippen LogP contribution >= 0.6 is 8.38 Å². The fourth-order valence-electron chi connectivity index (χ4n) is 1.70. The van der Waals surface area contributed by atoms with Crippen LogP contribution in [0.2, 0.25) is 0 Å². The molecule has 0 aromatic carbocycles. The molecule has 104 valence electrons. The molecule has 0 radical (unpaired) electrons. The molecule has 2 aromatic rings. The summed E-state index contributed by atoms with van der Waals surface area (Å²) in [5, 5.41) is 9.55. The third-order valence-corrected chi connectivity index (χ3v) is 3.32. The number of hydrogen-bond acceptors (Lipinski definition) is 7. The van der Waals surface area contributed by atoms with Gasteiger partial charge in [-0.05, 0) is 6.42 Å². The van der Waals surface area contributed by atoms with Crippen molar-refractivity contribution in [3.63, 3.8) is 0 Å². The molecule has 2 rings (SSSR count). The Kier molecular flexibility index (Phi) is 4.11. The van der Waals surface area contributed by atoms with Gasteiger partial charge in [-0.2, -0.15) is 4.98 Å². The maximum Gasteiger partial charge on any atom is 0.280 e. The van der Waals surface area contributed by atoms with Crippen LogP contribution in [0.1, 0.15) is 6.42 Å². The van der Waals surface area contributed by atoms with Gasteiger partial charge in [0.05, 0.1) is 12.4 Å². The Labute approximate surface area is 108 Å². The van der Waals surface area contributed by atoms with E-state index in [1.807, 2.05) is 0 Å². The minimum Gasteiger partial charge on any atom is -0.393 e. The first kappa shape index (κ1) is 13.9. The molecule has 0 bridgehead atoms. The molecule has 6 N–H and O–H groups in total. The van der Waals surface area contributed by atoms with Crippen LogP contribution in [0.25, 0.3) is 11.2 Å². The standard InChI is InChI=1S/C9H14N5O4P/c10-9-12-7-6(8(16)13-9)11-4-14(7)2-1-5(15)3-19(17)18/h4-5,15,17-18H,1-3H2,(H3,10,12,13,16). The highest BCUT2D eigenvalue weighted by Crippen LogP contribution is 2.24. The number of aryl methyl sites for hydroxylation is 1. The van der Waals surface area contributed by atoms with Crippen molar-refractivity contribution in [2.45, 2.75) is 19.1 Å². The van der Waals surface area contributed by atoms with E-state index in [2.05, 4.69) is 15.0 Å². The molecule has 0 aliphatic heterocycles. The summed E-state index contributed by atoms with van der Waals surface area (Å²) in [4.78, 5) is 39.4. The summed E-state index contributed by atoms with van der Waals surface area (Å²) in [5.74, 6) is -0.00552. The SMILES string of the molecule is Nc1nc2c(ncn2CCC(O)CP(O)O)c(=O)[nH]1. The van der Waals surface area contributed by atoms with Crippen LogP contribution in [0.3, 0.4) is 0 Å². The number of imidazole rings is 1. The highest BCUT2D eigenvalue weighted by Gasteiger charge is 2.13. The summed E-state index contributed by atoms with van der Waals surface area (Å²) in [7, 11) is -2.12. The first-order chi connectivity index (χ1) is 8.97. The van der Waals surface area contributed by atoms with Gasteiger partial charge in [0.1, 0.15) is 0 Å². The quantitative estimate of drug-likeness (QED) is 0.431. The van der Waals surface area contributed by atoms with E-state index in [0.717, 1.165) is 0 Å². The zero-order valence-electron chi connectivity index (χ0n) is 9.89. The van der Waals surface area contributed by atoms with Gasteiger partial charge < -0.3 is 25.2 Å². The third kappa shape index (κ3) is 3.27. The van der Waals surface area contributed by atoms with E-state index in [0.29, 0.717) is 18.6 Å². The van der Waals surface area contributed by atoms with Gasteiger partial charge in [0.25, 0.3) is 5.56 Å². The number of rotatable bonds is 5. The molecule has 0 saturated carbocycles. The van der Waals surface area contributed by atoms with Crippen molar-refractivity contribution < 1.29 is 14.9 Å². The second kappa shape index (κ2) is 5.62. The molecular formula is C9H14N5O4P. The van der Waals surface area contributed by atoms with E-state index in [-0.39, 0.29) is 17.6 Å². The first-order valence-corrected chi connectivity index (χ1v) is 6.94. The fourth-order valence-corrected chi connectivity index (χ4v) is 2.26. The minimum absolute atomic E-state index is 0.00552. The van der Waals surface area contributed by atoms with Crippen LogP contribution in [0.4, 0.5) is 5.95 Å². The number of H-pyrrole nitrogens is 1. The number of fused-ring (bicyclic) bond motifs is 1. The van der Waals surface area contributed by atoms with E-state index < -0.39 is 20.0 Å². The number of aromatic amines is 1. The summed E-state index contributed by atoms with van der Waals surface area (Å²) in [5.41, 5.74) is 5.55. The Bertz CT molecular complexity index is 625. The number of hydrogen-bond donors (Lipinski definition) is 5. The van der Waals surface area contributed by atoms with Gasteiger partial charge in [-0.3, -0.25) is 9.78 Å². The number of aliphatic hydroxyl groups is 1. The number of aliphatic hydroxyl groups excluding tert-OH is 1. The van der Waals surface area contributed by atoms with Crippen molar-refractivity contribution in [1.82, 2.24) is 19.5 Å². The van der Waals surface area contributed by atoms with Crippen molar-refractivity contribution in [3.8, 4) is 0 Å². The highest BCUT2D eigenvalue weighted by molar-refractivity contribution is 7.45. The smallest absolute Gasteiger partial charge is 0.280 e. The molecule has 0 spiro atoms. The molecule has 9 nitrogen and oxygen atoms in total. The maximum absolute atomic E-state index is 11.5. The number of anilines is 1. The molecule has 1 unspecified atom stereocenters. The molecule has 2 heterocycles. The van der Waals surface area contributed by atoms with Gasteiger partial charge >= 0.3 is 0 Å². The molecule has 2 aromatic heterocycles. The summed E-state index contributed by atoms with van der Waals surface area (Å²) >= 11 is 0. The molecule has 0 saturated heterocycles. The number of nitrogens with zero attached hydrogens (tertiary/aromatic N) is 3. The van der Waals surface area contributed by atoms with Crippen LogP contribution in [0.5, 0.6) is 0 Å². The highest BCUT2D eigenvalue weighted by atomic mass is 31.2. The van der Waals surface area contributed by atoms with Gasteiger partial charge in [0.2, 0.25) is 5.95 Å². The Morgan fingerprint density at radius 1 is 1.53 bits per heavy atom. The lowest BCUT2D eigenvalue weighted by Crippen LogP contribution is -2.16. The molecule has 10 heteroatoms. The second-order valence-electron chi connectivity index (χ2n) is 4.06. The van der Waals surface area contributed by atoms with Crippen molar-refractivity contribution in [2.24, 2.45) is 0 Å². The van der Waals surface area contributed by atoms with Crippen LogP contribution < -0.4 is 11.3 Å². The zero-order chi connectivity index (χ0) is 14.0. The van der Waals surface area contributed by atoms with Gasteiger partial charge in [-0.25, -0.2) is 4.98 Å². The molecule has 0 amide bonds. The molecule has 19 heavy (non-hydrogen) atoms. The van der Waals surface area contributed by atoms with Crippen LogP contribution in [-0.4, -0.2) is 46.7 Å². The Hall–Kier alpha value is -1.54. The number of aromatic nitrogens is 4. The Morgan fingerprint density at radius 3 is 2.95 bits per heavy atom. The molecule has 0 fully saturated rings. The first-order valence-electron chi connectivity index (χ1n) is 5.51. The summed E-state index contributed by atoms with van der Waals surface area (Å²) in [6.07, 6.45) is 0.815. The van der Waals surface area contributed by atoms with Gasteiger partial charge in [-0.15, -0.1) is 0 Å². The molecule has 0 aliphatic carbocycles. The largest absolute Gasteiger partial charge is 0.393 e. The third-order valence-electron chi connectivity index (χ3n) is 2.57. The van der Waals surface area contributed by atoms with Gasteiger partial charge in [-0.1, -0.05) is 0 Å². The molecule has 0 aliphatic rings. The predicted molar refractivity (Wildman–Crippen MR) is 69.4 cm³/mol. The summed E-state index contributed by atoms with van der Waals surface area (Å²) in [6, 6.07) is 0. The van der Waals surface area contributed by atoms with Crippen LogP contribution in [-0.2, 0) is 6.54 Å². The van der Waals surface area contributed by atoms with E-state index in [1.165, 1.54) is 6.33 Å². The van der Waals surface area contributed by atoms with E-state index in [9.17, 15) is 9.90 Å². The number of nitrogen functional groups attached to an aromatic ring is 1. The normalized spacial score (nSPS) is 13.3. The van der Waals surface area contributed by atoms with Crippen molar-refractivity contribution in [3.05, 3.63) is 16.7 Å². The monoisotopic (exact) mass is 287 g/mol. The summed E-state index contributed by atoms with van der Waals surface area (Å²) < 4.78 is 1.58. The van der Waals surface area contributed by atoms with Gasteiger partial charge in [0, 0.05) is 12.7 Å². The van der Waals surface area contributed by atoms with E-state index in [1.54, 1.807) is 4.57 Å². The number of nitrogens with two attached hydrogens (primary N) is 1. The Morgan fingerprint density at radius 2 is 2.26 bits per heavy atom. The number of nitrogens with one attached hydrogen (secondary N) is 1. The van der Waals surface area contributed by atoms with Crippen molar-refractivity contribution in [1.29, 1.82) is 0 Å². The lowest BCUT2D eigenvalue weighted by Gasteiger charge is -2.11. The minimum atomic E-state index is -2.12. The topological polar surface area (TPSA) is 150 Å². The van der Waals surface area contributed by atoms with E-state index >= 15 is 0 Å². The fraction of sp³-hybridized carbons (Fsp3) is 0.444. The van der Waals surface area contributed by atoms with Crippen LogP contribution in [0, 0.1) is 0 Å². The zero-order valence-corrected chi connectivity index (χ0v) is 10.8. The van der Waals surface area contributed by atoms with Gasteiger partial charge in [0.15, 0.2) is 19.5 Å². The average Bonchev–Trinajstić information content (AvgIpc) is 2.68. The Balaban J connectivity index is 2.15. The maximum atomic E-state index is 11.5. The molecule has 1 atom stereocenters. The average molecular weight is 287 g/mol.